The zero-order valence-electron chi connectivity index (χ0n) is 13.1. The van der Waals surface area contributed by atoms with Crippen molar-refractivity contribution in [3.05, 3.63) is 34.4 Å². The first-order chi connectivity index (χ1) is 8.18. The van der Waals surface area contributed by atoms with Gasteiger partial charge in [0, 0.05) is 0 Å². The van der Waals surface area contributed by atoms with Crippen molar-refractivity contribution in [2.24, 2.45) is 11.7 Å². The molecule has 102 valence electrons. The highest BCUT2D eigenvalue weighted by atomic mass is 14.6. The maximum Gasteiger partial charge on any atom is -0.000557 e. The van der Waals surface area contributed by atoms with Gasteiger partial charge >= 0.3 is 0 Å². The minimum atomic E-state index is 0.212. The van der Waals surface area contributed by atoms with E-state index in [-0.39, 0.29) is 5.41 Å². The average Bonchev–Trinajstić information content (AvgIpc) is 2.20. The van der Waals surface area contributed by atoms with Gasteiger partial charge in [0.2, 0.25) is 0 Å². The molecule has 1 heteroatoms. The van der Waals surface area contributed by atoms with Crippen molar-refractivity contribution in [2.75, 3.05) is 6.54 Å². The van der Waals surface area contributed by atoms with E-state index in [0.29, 0.717) is 11.8 Å². The van der Waals surface area contributed by atoms with E-state index in [9.17, 15) is 0 Å². The van der Waals surface area contributed by atoms with E-state index < -0.39 is 0 Å². The van der Waals surface area contributed by atoms with Crippen LogP contribution in [0.5, 0.6) is 0 Å². The molecule has 0 heterocycles. The van der Waals surface area contributed by atoms with Crippen LogP contribution in [0.4, 0.5) is 0 Å². The standard InChI is InChI=1S/C17H29N/c1-11(2)15(10-18)16-12(3)8-14(9-13(16)4)17(5,6)7/h8-9,11,15H,10,18H2,1-7H3. The molecule has 0 radical (unpaired) electrons. The van der Waals surface area contributed by atoms with E-state index >= 15 is 0 Å². The topological polar surface area (TPSA) is 26.0 Å². The molecule has 0 aliphatic heterocycles. The van der Waals surface area contributed by atoms with Gasteiger partial charge in [-0.1, -0.05) is 46.8 Å². The summed E-state index contributed by atoms with van der Waals surface area (Å²) in [7, 11) is 0. The fraction of sp³-hybridized carbons (Fsp3) is 0.647. The van der Waals surface area contributed by atoms with Crippen molar-refractivity contribution in [3.8, 4) is 0 Å². The summed E-state index contributed by atoms with van der Waals surface area (Å²) in [5.74, 6) is 1.06. The van der Waals surface area contributed by atoms with Crippen molar-refractivity contribution in [3.63, 3.8) is 0 Å². The Hall–Kier alpha value is -0.820. The number of hydrogen-bond donors (Lipinski definition) is 1. The fourth-order valence-corrected chi connectivity index (χ4v) is 2.72. The van der Waals surface area contributed by atoms with Crippen molar-refractivity contribution in [2.45, 2.75) is 59.8 Å². The summed E-state index contributed by atoms with van der Waals surface area (Å²) in [5.41, 5.74) is 11.8. The first-order valence-corrected chi connectivity index (χ1v) is 7.00. The largest absolute Gasteiger partial charge is 0.330 e. The van der Waals surface area contributed by atoms with Gasteiger partial charge in [-0.3, -0.25) is 0 Å². The molecule has 18 heavy (non-hydrogen) atoms. The minimum absolute atomic E-state index is 0.212. The summed E-state index contributed by atoms with van der Waals surface area (Å²) in [5, 5.41) is 0. The van der Waals surface area contributed by atoms with Crippen LogP contribution in [-0.2, 0) is 5.41 Å². The van der Waals surface area contributed by atoms with Crippen LogP contribution in [0.3, 0.4) is 0 Å². The Kier molecular flexibility index (Phi) is 4.61. The zero-order valence-corrected chi connectivity index (χ0v) is 13.1. The summed E-state index contributed by atoms with van der Waals surface area (Å²) < 4.78 is 0. The molecule has 0 bridgehead atoms. The van der Waals surface area contributed by atoms with E-state index in [4.69, 9.17) is 5.73 Å². The van der Waals surface area contributed by atoms with Gasteiger partial charge in [-0.2, -0.15) is 0 Å². The smallest absolute Gasteiger partial charge is 0.000557 e. The molecule has 0 saturated carbocycles. The van der Waals surface area contributed by atoms with E-state index in [0.717, 1.165) is 6.54 Å². The Morgan fingerprint density at radius 1 is 1.06 bits per heavy atom. The monoisotopic (exact) mass is 247 g/mol. The predicted octanol–water partition coefficient (Wildman–Crippen LogP) is 4.30. The lowest BCUT2D eigenvalue weighted by Gasteiger charge is -2.27. The molecule has 2 N–H and O–H groups in total. The highest BCUT2D eigenvalue weighted by Crippen LogP contribution is 2.33. The fourth-order valence-electron chi connectivity index (χ4n) is 2.72. The summed E-state index contributed by atoms with van der Waals surface area (Å²) in [4.78, 5) is 0. The van der Waals surface area contributed by atoms with Crippen LogP contribution in [-0.4, -0.2) is 6.54 Å². The molecule has 1 aromatic carbocycles. The maximum absolute atomic E-state index is 5.97. The van der Waals surface area contributed by atoms with E-state index in [1.165, 1.54) is 22.3 Å². The molecule has 0 aliphatic carbocycles. The summed E-state index contributed by atoms with van der Waals surface area (Å²) in [6.45, 7) is 16.5. The van der Waals surface area contributed by atoms with Crippen LogP contribution < -0.4 is 5.73 Å². The molecule has 0 spiro atoms. The lowest BCUT2D eigenvalue weighted by Crippen LogP contribution is -2.21. The molecular weight excluding hydrogens is 218 g/mol. The SMILES string of the molecule is Cc1cc(C(C)(C)C)cc(C)c1C(CN)C(C)C. The summed E-state index contributed by atoms with van der Waals surface area (Å²) in [6, 6.07) is 4.68. The molecular formula is C17H29N. The Balaban J connectivity index is 3.32. The first kappa shape index (κ1) is 15.2. The molecule has 0 fully saturated rings. The summed E-state index contributed by atoms with van der Waals surface area (Å²) >= 11 is 0. The molecule has 1 atom stereocenters. The van der Waals surface area contributed by atoms with E-state index in [1.54, 1.807) is 0 Å². The molecule has 0 saturated heterocycles. The molecule has 0 aromatic heterocycles. The highest BCUT2D eigenvalue weighted by Gasteiger charge is 2.21. The number of hydrogen-bond acceptors (Lipinski definition) is 1. The molecule has 0 aliphatic rings. The Morgan fingerprint density at radius 3 is 1.78 bits per heavy atom. The first-order valence-electron chi connectivity index (χ1n) is 7.00. The van der Waals surface area contributed by atoms with E-state index in [2.05, 4.69) is 60.6 Å². The highest BCUT2D eigenvalue weighted by molar-refractivity contribution is 5.42. The molecule has 1 aromatic rings. The third-order valence-electron chi connectivity index (χ3n) is 3.89. The second-order valence-electron chi connectivity index (χ2n) is 6.86. The molecule has 0 amide bonds. The van der Waals surface area contributed by atoms with Gasteiger partial charge in [0.15, 0.2) is 0 Å². The lowest BCUT2D eigenvalue weighted by molar-refractivity contribution is 0.501. The van der Waals surface area contributed by atoms with Gasteiger partial charge in [-0.25, -0.2) is 0 Å². The number of benzene rings is 1. The second-order valence-corrected chi connectivity index (χ2v) is 6.86. The van der Waals surface area contributed by atoms with E-state index in [1.807, 2.05) is 0 Å². The minimum Gasteiger partial charge on any atom is -0.330 e. The molecule has 1 nitrogen and oxygen atoms in total. The maximum atomic E-state index is 5.97. The predicted molar refractivity (Wildman–Crippen MR) is 81.2 cm³/mol. The van der Waals surface area contributed by atoms with Crippen LogP contribution in [0, 0.1) is 19.8 Å². The van der Waals surface area contributed by atoms with Gasteiger partial charge in [-0.05, 0) is 59.9 Å². The van der Waals surface area contributed by atoms with Gasteiger partial charge in [0.05, 0.1) is 0 Å². The van der Waals surface area contributed by atoms with Gasteiger partial charge < -0.3 is 5.73 Å². The molecule has 1 unspecified atom stereocenters. The lowest BCUT2D eigenvalue weighted by atomic mass is 9.79. The Labute approximate surface area is 113 Å². The third kappa shape index (κ3) is 3.14. The van der Waals surface area contributed by atoms with Crippen molar-refractivity contribution in [1.82, 2.24) is 0 Å². The Bertz CT molecular complexity index is 387. The number of aryl methyl sites for hydroxylation is 2. The van der Waals surface area contributed by atoms with Crippen LogP contribution >= 0.6 is 0 Å². The second kappa shape index (κ2) is 5.44. The van der Waals surface area contributed by atoms with Gasteiger partial charge in [0.25, 0.3) is 0 Å². The van der Waals surface area contributed by atoms with Crippen LogP contribution in [0.1, 0.15) is 62.8 Å². The van der Waals surface area contributed by atoms with Gasteiger partial charge in [-0.15, -0.1) is 0 Å². The number of rotatable bonds is 3. The van der Waals surface area contributed by atoms with Crippen LogP contribution in [0.15, 0.2) is 12.1 Å². The molecule has 1 rings (SSSR count). The summed E-state index contributed by atoms with van der Waals surface area (Å²) in [6.07, 6.45) is 0. The quantitative estimate of drug-likeness (QED) is 0.846. The number of nitrogens with two attached hydrogens (primary N) is 1. The van der Waals surface area contributed by atoms with Crippen molar-refractivity contribution in [1.29, 1.82) is 0 Å². The Morgan fingerprint density at radius 2 is 1.50 bits per heavy atom. The van der Waals surface area contributed by atoms with Crippen molar-refractivity contribution < 1.29 is 0 Å². The zero-order chi connectivity index (χ0) is 14.1. The van der Waals surface area contributed by atoms with Crippen LogP contribution in [0.25, 0.3) is 0 Å². The van der Waals surface area contributed by atoms with Crippen LogP contribution in [0.2, 0.25) is 0 Å². The van der Waals surface area contributed by atoms with Gasteiger partial charge in [0.1, 0.15) is 0 Å². The normalized spacial score (nSPS) is 14.1. The third-order valence-corrected chi connectivity index (χ3v) is 3.89. The average molecular weight is 247 g/mol. The van der Waals surface area contributed by atoms with Crippen molar-refractivity contribution >= 4 is 0 Å².